The predicted molar refractivity (Wildman–Crippen MR) is 118 cm³/mol. The Labute approximate surface area is 191 Å². The third kappa shape index (κ3) is 5.57. The Hall–Kier alpha value is -2.83. The number of amides is 1. The van der Waals surface area contributed by atoms with Gasteiger partial charge in [0.05, 0.1) is 19.8 Å². The van der Waals surface area contributed by atoms with Crippen LogP contribution in [0.2, 0.25) is 0 Å². The summed E-state index contributed by atoms with van der Waals surface area (Å²) in [5, 5.41) is 11.8. The maximum atomic E-state index is 13.2. The molecule has 0 aliphatic rings. The van der Waals surface area contributed by atoms with Crippen molar-refractivity contribution in [1.82, 2.24) is 15.3 Å². The van der Waals surface area contributed by atoms with Crippen molar-refractivity contribution in [2.75, 3.05) is 31.8 Å². The molecule has 0 saturated heterocycles. The van der Waals surface area contributed by atoms with Gasteiger partial charge in [-0.3, -0.25) is 4.79 Å². The molecule has 0 saturated carbocycles. The number of hydrogen-bond acceptors (Lipinski definition) is 8. The molecule has 3 rings (SSSR count). The SMILES string of the molecule is COc1ccc(-c2nc(C(=O)NCCSCCO)c([C@H](C)N)o2)c2ccc(C(F)(F)F)nc12. The van der Waals surface area contributed by atoms with Crippen molar-refractivity contribution in [2.24, 2.45) is 5.73 Å². The van der Waals surface area contributed by atoms with E-state index < -0.39 is 23.8 Å². The number of aliphatic hydroxyl groups is 1. The number of benzene rings is 1. The number of aliphatic hydroxyl groups excluding tert-OH is 1. The van der Waals surface area contributed by atoms with E-state index in [1.165, 1.54) is 31.0 Å². The van der Waals surface area contributed by atoms with Gasteiger partial charge in [-0.1, -0.05) is 0 Å². The molecule has 0 bridgehead atoms. The van der Waals surface area contributed by atoms with Gasteiger partial charge in [-0.15, -0.1) is 0 Å². The minimum Gasteiger partial charge on any atom is -0.494 e. The van der Waals surface area contributed by atoms with E-state index in [4.69, 9.17) is 20.0 Å². The third-order valence-electron chi connectivity index (χ3n) is 4.61. The number of nitrogens with one attached hydrogen (secondary N) is 1. The Bertz CT molecular complexity index is 1130. The molecule has 2 aromatic heterocycles. The molecule has 0 unspecified atom stereocenters. The monoisotopic (exact) mass is 484 g/mol. The van der Waals surface area contributed by atoms with Crippen LogP contribution in [0.3, 0.4) is 0 Å². The smallest absolute Gasteiger partial charge is 0.433 e. The highest BCUT2D eigenvalue weighted by atomic mass is 32.2. The van der Waals surface area contributed by atoms with E-state index in [9.17, 15) is 18.0 Å². The van der Waals surface area contributed by atoms with Gasteiger partial charge in [-0.05, 0) is 31.2 Å². The minimum absolute atomic E-state index is 0.00371. The van der Waals surface area contributed by atoms with Gasteiger partial charge in [0.2, 0.25) is 5.89 Å². The number of aromatic nitrogens is 2. The first-order valence-electron chi connectivity index (χ1n) is 9.95. The summed E-state index contributed by atoms with van der Waals surface area (Å²) in [6.07, 6.45) is -4.62. The van der Waals surface area contributed by atoms with E-state index in [-0.39, 0.29) is 35.2 Å². The zero-order chi connectivity index (χ0) is 24.2. The van der Waals surface area contributed by atoms with E-state index in [0.29, 0.717) is 29.0 Å². The Morgan fingerprint density at radius 2 is 2.03 bits per heavy atom. The molecule has 8 nitrogen and oxygen atoms in total. The van der Waals surface area contributed by atoms with Crippen molar-refractivity contribution in [3.8, 4) is 17.2 Å². The second-order valence-electron chi connectivity index (χ2n) is 7.02. The van der Waals surface area contributed by atoms with Crippen LogP contribution in [0.1, 0.15) is 34.9 Å². The number of pyridine rings is 1. The number of nitrogens with zero attached hydrogens (tertiary/aromatic N) is 2. The molecule has 0 fully saturated rings. The summed E-state index contributed by atoms with van der Waals surface area (Å²) < 4.78 is 50.5. The predicted octanol–water partition coefficient (Wildman–Crippen LogP) is 3.39. The van der Waals surface area contributed by atoms with Crippen molar-refractivity contribution in [3.05, 3.63) is 41.4 Å². The quantitative estimate of drug-likeness (QED) is 0.395. The summed E-state index contributed by atoms with van der Waals surface area (Å²) in [5.41, 5.74) is 5.22. The Balaban J connectivity index is 2.01. The van der Waals surface area contributed by atoms with Crippen LogP contribution in [0.25, 0.3) is 22.4 Å². The molecule has 1 atom stereocenters. The second-order valence-corrected chi connectivity index (χ2v) is 8.24. The molecule has 4 N–H and O–H groups in total. The van der Waals surface area contributed by atoms with Gasteiger partial charge < -0.3 is 25.3 Å². The molecule has 3 aromatic rings. The average Bonchev–Trinajstić information content (AvgIpc) is 3.23. The number of carbonyl (C=O) groups is 1. The van der Waals surface area contributed by atoms with Crippen LogP contribution in [0, 0.1) is 0 Å². The molecule has 0 radical (unpaired) electrons. The molecule has 178 valence electrons. The van der Waals surface area contributed by atoms with Gasteiger partial charge in [0, 0.05) is 29.0 Å². The first-order chi connectivity index (χ1) is 15.7. The van der Waals surface area contributed by atoms with Crippen LogP contribution in [-0.2, 0) is 6.18 Å². The summed E-state index contributed by atoms with van der Waals surface area (Å²) in [7, 11) is 1.33. The topological polar surface area (TPSA) is 124 Å². The average molecular weight is 485 g/mol. The summed E-state index contributed by atoms with van der Waals surface area (Å²) in [6, 6.07) is 4.49. The lowest BCUT2D eigenvalue weighted by Gasteiger charge is -2.11. The van der Waals surface area contributed by atoms with Crippen LogP contribution in [0.15, 0.2) is 28.7 Å². The molecule has 33 heavy (non-hydrogen) atoms. The van der Waals surface area contributed by atoms with E-state index in [2.05, 4.69) is 15.3 Å². The van der Waals surface area contributed by atoms with Gasteiger partial charge in [-0.2, -0.15) is 24.9 Å². The molecular weight excluding hydrogens is 461 g/mol. The normalized spacial score (nSPS) is 12.7. The highest BCUT2D eigenvalue weighted by Crippen LogP contribution is 2.37. The summed E-state index contributed by atoms with van der Waals surface area (Å²) in [6.45, 7) is 2.02. The van der Waals surface area contributed by atoms with E-state index >= 15 is 0 Å². The molecule has 1 aromatic carbocycles. The van der Waals surface area contributed by atoms with Crippen LogP contribution >= 0.6 is 11.8 Å². The second kappa shape index (κ2) is 10.4. The lowest BCUT2D eigenvalue weighted by molar-refractivity contribution is -0.140. The lowest BCUT2D eigenvalue weighted by atomic mass is 10.1. The third-order valence-corrected chi connectivity index (χ3v) is 5.57. The van der Waals surface area contributed by atoms with Gasteiger partial charge in [0.1, 0.15) is 17.0 Å². The maximum absolute atomic E-state index is 13.2. The van der Waals surface area contributed by atoms with Gasteiger partial charge in [-0.25, -0.2) is 9.97 Å². The number of fused-ring (bicyclic) bond motifs is 1. The van der Waals surface area contributed by atoms with Crippen LogP contribution < -0.4 is 15.8 Å². The molecular formula is C21H23F3N4O4S. The Morgan fingerprint density at radius 3 is 2.67 bits per heavy atom. The molecule has 0 spiro atoms. The van der Waals surface area contributed by atoms with Gasteiger partial charge in [0.15, 0.2) is 11.5 Å². The fourth-order valence-electron chi connectivity index (χ4n) is 3.11. The first kappa shape index (κ1) is 24.8. The van der Waals surface area contributed by atoms with Crippen LogP contribution in [0.5, 0.6) is 5.75 Å². The summed E-state index contributed by atoms with van der Waals surface area (Å²) >= 11 is 1.48. The van der Waals surface area contributed by atoms with E-state index in [1.54, 1.807) is 13.0 Å². The highest BCUT2D eigenvalue weighted by molar-refractivity contribution is 7.99. The molecule has 0 aliphatic heterocycles. The number of rotatable bonds is 9. The minimum atomic E-state index is -4.62. The van der Waals surface area contributed by atoms with Crippen molar-refractivity contribution >= 4 is 28.6 Å². The molecule has 2 heterocycles. The molecule has 12 heteroatoms. The van der Waals surface area contributed by atoms with Crippen molar-refractivity contribution in [1.29, 1.82) is 0 Å². The van der Waals surface area contributed by atoms with Crippen molar-refractivity contribution in [2.45, 2.75) is 19.1 Å². The maximum Gasteiger partial charge on any atom is 0.433 e. The zero-order valence-corrected chi connectivity index (χ0v) is 18.7. The fraction of sp³-hybridized carbons (Fsp3) is 0.381. The summed E-state index contributed by atoms with van der Waals surface area (Å²) in [5.74, 6) is 0.991. The fourth-order valence-corrected chi connectivity index (χ4v) is 3.69. The first-order valence-corrected chi connectivity index (χ1v) is 11.1. The van der Waals surface area contributed by atoms with E-state index in [1.807, 2.05) is 0 Å². The highest BCUT2D eigenvalue weighted by Gasteiger charge is 2.33. The number of oxazole rings is 1. The van der Waals surface area contributed by atoms with Crippen molar-refractivity contribution < 1.29 is 32.2 Å². The van der Waals surface area contributed by atoms with Gasteiger partial charge >= 0.3 is 6.18 Å². The molecule has 0 aliphatic carbocycles. The van der Waals surface area contributed by atoms with Crippen molar-refractivity contribution in [3.63, 3.8) is 0 Å². The van der Waals surface area contributed by atoms with Crippen LogP contribution in [-0.4, -0.2) is 52.7 Å². The number of halogens is 3. The number of methoxy groups -OCH3 is 1. The number of hydrogen-bond donors (Lipinski definition) is 3. The standard InChI is InChI=1S/C21H23F3N4O4S/c1-11(25)18-17(19(30)26-7-9-33-10-8-29)28-20(32-18)13-3-5-14(31-2)16-12(13)4-6-15(27-16)21(22,23)24/h3-6,11,29H,7-10,25H2,1-2H3,(H,26,30)/t11-/m0/s1. The van der Waals surface area contributed by atoms with Gasteiger partial charge in [0.25, 0.3) is 5.91 Å². The lowest BCUT2D eigenvalue weighted by Crippen LogP contribution is -2.27. The summed E-state index contributed by atoms with van der Waals surface area (Å²) in [4.78, 5) is 20.7. The number of alkyl halides is 3. The Kier molecular flexibility index (Phi) is 7.82. The van der Waals surface area contributed by atoms with Crippen LogP contribution in [0.4, 0.5) is 13.2 Å². The van der Waals surface area contributed by atoms with E-state index in [0.717, 1.165) is 6.07 Å². The number of carbonyl (C=O) groups excluding carboxylic acids is 1. The number of nitrogens with two attached hydrogens (primary N) is 1. The molecule has 1 amide bonds. The number of thioether (sulfide) groups is 1. The Morgan fingerprint density at radius 1 is 1.27 bits per heavy atom. The largest absolute Gasteiger partial charge is 0.494 e. The number of ether oxygens (including phenoxy) is 1. The zero-order valence-electron chi connectivity index (χ0n) is 17.9.